The highest BCUT2D eigenvalue weighted by atomic mass is 16.8. The molecule has 4 aliphatic rings. The molecule has 1 unspecified atom stereocenters. The van der Waals surface area contributed by atoms with Crippen molar-refractivity contribution in [1.82, 2.24) is 4.90 Å². The van der Waals surface area contributed by atoms with Crippen LogP contribution < -0.4 is 14.2 Å². The first kappa shape index (κ1) is 47.1. The highest BCUT2D eigenvalue weighted by Gasteiger charge is 2.65. The molecule has 2 aliphatic carbocycles. The van der Waals surface area contributed by atoms with E-state index >= 15 is 0 Å². The predicted molar refractivity (Wildman–Crippen MR) is 243 cm³/mol. The van der Waals surface area contributed by atoms with Gasteiger partial charge in [-0.05, 0) is 116 Å². The van der Waals surface area contributed by atoms with Gasteiger partial charge >= 0.3 is 0 Å². The van der Waals surface area contributed by atoms with Crippen LogP contribution in [0.5, 0.6) is 23.0 Å². The lowest BCUT2D eigenvalue weighted by Crippen LogP contribution is -2.69. The number of aliphatic hydroxyl groups excluding tert-OH is 2. The standard InChI is InChI=1S/C50H59N3O12/c1-4-26-62-50-45(52(2)46(57)23-16-33-14-17-36(18-15-33)53(58)59)31-42(51-65-47-13-7-10-27-61-47)40-29-34(11-5-8-24-54)39(12-6-9-25-55)48(49(40)50)41-30-38(20-22-44(41)64-50)63-37-19-21-43(60-3)35(28-37)32-56/h4,14-23,28-30,32,34,39,45,47-49,54-55H,1,5-13,24-27,31H2,2-3H3/t34-,39+,45-,47?,48+,49+,50+/m0/s1. The van der Waals surface area contributed by atoms with E-state index in [0.29, 0.717) is 65.7 Å². The van der Waals surface area contributed by atoms with Crippen molar-refractivity contribution < 1.29 is 53.2 Å². The number of non-ortho nitro benzene ring substituents is 1. The molecule has 7 atom stereocenters. The van der Waals surface area contributed by atoms with Crippen molar-refractivity contribution in [2.45, 2.75) is 88.2 Å². The first-order valence-corrected chi connectivity index (χ1v) is 22.5. The lowest BCUT2D eigenvalue weighted by molar-refractivity contribution is -0.384. The predicted octanol–water partition coefficient (Wildman–Crippen LogP) is 8.54. The molecule has 0 spiro atoms. The van der Waals surface area contributed by atoms with Gasteiger partial charge in [-0.1, -0.05) is 30.1 Å². The smallest absolute Gasteiger partial charge is 0.269 e. The summed E-state index contributed by atoms with van der Waals surface area (Å²) >= 11 is 0. The number of benzene rings is 3. The van der Waals surface area contributed by atoms with Crippen molar-refractivity contribution in [3.8, 4) is 23.0 Å². The molecule has 346 valence electrons. The lowest BCUT2D eigenvalue weighted by Gasteiger charge is -2.59. The number of amides is 1. The van der Waals surface area contributed by atoms with Crippen LogP contribution in [-0.2, 0) is 19.1 Å². The highest BCUT2D eigenvalue weighted by molar-refractivity contribution is 6.03. The molecular formula is C50H59N3O12. The number of hydrogen-bond acceptors (Lipinski definition) is 13. The van der Waals surface area contributed by atoms with E-state index in [-0.39, 0.29) is 55.6 Å². The van der Waals surface area contributed by atoms with Crippen LogP contribution in [0, 0.1) is 27.9 Å². The Hall–Kier alpha value is -5.87. The molecule has 1 amide bonds. The van der Waals surface area contributed by atoms with Gasteiger partial charge in [0.05, 0.1) is 42.4 Å². The number of allylic oxidation sites excluding steroid dienone is 1. The number of aldehydes is 1. The van der Waals surface area contributed by atoms with Crippen LogP contribution in [0.1, 0.15) is 91.6 Å². The Kier molecular flexibility index (Phi) is 15.9. The van der Waals surface area contributed by atoms with E-state index in [0.717, 1.165) is 55.9 Å². The number of unbranched alkanes of at least 4 members (excludes halogenated alkanes) is 2. The highest BCUT2D eigenvalue weighted by Crippen LogP contribution is 2.62. The van der Waals surface area contributed by atoms with E-state index in [9.17, 15) is 29.9 Å². The van der Waals surface area contributed by atoms with Gasteiger partial charge in [0.15, 0.2) is 6.29 Å². The summed E-state index contributed by atoms with van der Waals surface area (Å²) in [5, 5.41) is 36.1. The van der Waals surface area contributed by atoms with Gasteiger partial charge in [-0.15, -0.1) is 6.58 Å². The van der Waals surface area contributed by atoms with Crippen LogP contribution >= 0.6 is 0 Å². The van der Waals surface area contributed by atoms with Gasteiger partial charge in [0.2, 0.25) is 18.0 Å². The second kappa shape index (κ2) is 21.9. The molecule has 15 nitrogen and oxygen atoms in total. The zero-order valence-electron chi connectivity index (χ0n) is 37.0. The Bertz CT molecular complexity index is 2250. The largest absolute Gasteiger partial charge is 0.496 e. The van der Waals surface area contributed by atoms with Gasteiger partial charge in [-0.2, -0.15) is 0 Å². The van der Waals surface area contributed by atoms with E-state index in [1.807, 2.05) is 12.1 Å². The van der Waals surface area contributed by atoms with Gasteiger partial charge in [0, 0.05) is 62.8 Å². The molecule has 0 bridgehead atoms. The van der Waals surface area contributed by atoms with E-state index in [2.05, 4.69) is 12.7 Å². The number of hydrogen-bond donors (Lipinski definition) is 2. The summed E-state index contributed by atoms with van der Waals surface area (Å²) in [6.45, 7) is 4.76. The van der Waals surface area contributed by atoms with Gasteiger partial charge in [0.25, 0.3) is 5.69 Å². The molecule has 3 aromatic carbocycles. The average Bonchev–Trinajstić information content (AvgIpc) is 3.33. The van der Waals surface area contributed by atoms with Crippen LogP contribution in [0.2, 0.25) is 0 Å². The van der Waals surface area contributed by atoms with Crippen molar-refractivity contribution >= 4 is 29.7 Å². The Morgan fingerprint density at radius 2 is 1.78 bits per heavy atom. The van der Waals surface area contributed by atoms with Crippen molar-refractivity contribution in [2.24, 2.45) is 22.9 Å². The maximum atomic E-state index is 14.4. The van der Waals surface area contributed by atoms with Crippen LogP contribution in [0.15, 0.2) is 96.2 Å². The number of oxime groups is 1. The molecule has 2 heterocycles. The Morgan fingerprint density at radius 1 is 1.03 bits per heavy atom. The molecule has 2 fully saturated rings. The van der Waals surface area contributed by atoms with Gasteiger partial charge < -0.3 is 43.6 Å². The molecular weight excluding hydrogens is 835 g/mol. The van der Waals surface area contributed by atoms with E-state index in [1.165, 1.54) is 25.3 Å². The van der Waals surface area contributed by atoms with E-state index in [1.54, 1.807) is 60.5 Å². The third-order valence-corrected chi connectivity index (χ3v) is 13.0. The van der Waals surface area contributed by atoms with Crippen LogP contribution in [0.25, 0.3) is 6.08 Å². The summed E-state index contributed by atoms with van der Waals surface area (Å²) in [4.78, 5) is 45.0. The second-order valence-corrected chi connectivity index (χ2v) is 16.9. The first-order valence-electron chi connectivity index (χ1n) is 22.5. The number of fused-ring (bicyclic) bond motifs is 2. The molecule has 0 radical (unpaired) electrons. The minimum atomic E-state index is -1.48. The molecule has 1 saturated heterocycles. The molecule has 3 aromatic rings. The van der Waals surface area contributed by atoms with Gasteiger partial charge in [0.1, 0.15) is 29.0 Å². The summed E-state index contributed by atoms with van der Waals surface area (Å²) < 4.78 is 32.0. The minimum Gasteiger partial charge on any atom is -0.496 e. The molecule has 15 heteroatoms. The number of ether oxygens (including phenoxy) is 5. The average molecular weight is 894 g/mol. The molecule has 0 aromatic heterocycles. The molecule has 65 heavy (non-hydrogen) atoms. The van der Waals surface area contributed by atoms with Crippen LogP contribution in [0.4, 0.5) is 5.69 Å². The van der Waals surface area contributed by atoms with Crippen molar-refractivity contribution in [1.29, 1.82) is 0 Å². The van der Waals surface area contributed by atoms with E-state index < -0.39 is 29.0 Å². The van der Waals surface area contributed by atoms with Crippen LogP contribution in [-0.4, -0.2) is 96.6 Å². The van der Waals surface area contributed by atoms with Crippen molar-refractivity contribution in [3.63, 3.8) is 0 Å². The van der Waals surface area contributed by atoms with E-state index in [4.69, 9.17) is 33.7 Å². The summed E-state index contributed by atoms with van der Waals surface area (Å²) in [6.07, 6.45) is 14.2. The summed E-state index contributed by atoms with van der Waals surface area (Å²) in [5.41, 5.74) is 3.27. The number of rotatable bonds is 21. The number of carbonyl (C=O) groups is 2. The van der Waals surface area contributed by atoms with Crippen LogP contribution in [0.3, 0.4) is 0 Å². The van der Waals surface area contributed by atoms with Crippen molar-refractivity contribution in [2.75, 3.05) is 40.6 Å². The Morgan fingerprint density at radius 3 is 2.48 bits per heavy atom. The molecule has 2 N–H and O–H groups in total. The fraction of sp³-hybridized carbons (Fsp3) is 0.460. The minimum absolute atomic E-state index is 0.0116. The molecule has 7 rings (SSSR count). The zero-order valence-corrected chi connectivity index (χ0v) is 37.0. The normalized spacial score (nSPS) is 25.1. The quantitative estimate of drug-likeness (QED) is 0.0259. The number of carbonyl (C=O) groups excluding carboxylic acids is 2. The topological polar surface area (TPSA) is 189 Å². The number of aliphatic hydroxyl groups is 2. The summed E-state index contributed by atoms with van der Waals surface area (Å²) in [6, 6.07) is 15.8. The number of nitro benzene ring substituents is 1. The third kappa shape index (κ3) is 10.5. The van der Waals surface area contributed by atoms with Crippen molar-refractivity contribution in [3.05, 3.63) is 118 Å². The Balaban J connectivity index is 1.39. The fourth-order valence-corrected chi connectivity index (χ4v) is 9.86. The number of nitro groups is 1. The molecule has 1 saturated carbocycles. The number of likely N-dealkylation sites (N-methyl/N-ethyl adjacent to an activating group) is 1. The summed E-state index contributed by atoms with van der Waals surface area (Å²) in [5.74, 6) is -0.778. The molecule has 2 aliphatic heterocycles. The van der Waals surface area contributed by atoms with Gasteiger partial charge in [-0.3, -0.25) is 19.7 Å². The SMILES string of the molecule is C=CCO[C@@]12Oc3ccc(Oc4ccc(OC)c(C=O)c4)cc3[C@H]3[C@H](CCCCO)[C@@H](CCCCO)C=C(C(=NOC4CCCCO4)C[C@@H]1N(C)C(=O)C=Cc1ccc([N+](=O)[O-])cc1)[C@H]32. The van der Waals surface area contributed by atoms with Gasteiger partial charge in [-0.25, -0.2) is 0 Å². The maximum absolute atomic E-state index is 14.4. The fourth-order valence-electron chi connectivity index (χ4n) is 9.86. The third-order valence-electron chi connectivity index (χ3n) is 13.0. The Labute approximate surface area is 379 Å². The monoisotopic (exact) mass is 893 g/mol. The second-order valence-electron chi connectivity index (χ2n) is 16.9. The number of nitrogens with zero attached hydrogens (tertiary/aromatic N) is 3. The first-order chi connectivity index (χ1) is 31.6. The maximum Gasteiger partial charge on any atom is 0.269 e. The number of methoxy groups -OCH3 is 1. The lowest BCUT2D eigenvalue weighted by atomic mass is 9.55. The zero-order chi connectivity index (χ0) is 45.9. The summed E-state index contributed by atoms with van der Waals surface area (Å²) in [7, 11) is 3.20.